The Balaban J connectivity index is 1.98. The lowest BCUT2D eigenvalue weighted by atomic mass is 10.1. The molecule has 140 valence electrons. The van der Waals surface area contributed by atoms with E-state index < -0.39 is 5.91 Å². The smallest absolute Gasteiger partial charge is 0.271 e. The summed E-state index contributed by atoms with van der Waals surface area (Å²) in [6, 6.07) is 11.8. The third-order valence-electron chi connectivity index (χ3n) is 3.91. The van der Waals surface area contributed by atoms with E-state index in [1.54, 1.807) is 6.21 Å². The Morgan fingerprint density at radius 1 is 1.26 bits per heavy atom. The monoisotopic (exact) mass is 383 g/mol. The number of nitrogens with zero attached hydrogens (tertiary/aromatic N) is 2. The maximum Gasteiger partial charge on any atom is 0.271 e. The fourth-order valence-electron chi connectivity index (χ4n) is 2.28. The molecule has 6 heteroatoms. The Hall–Kier alpha value is -2.81. The quantitative estimate of drug-likeness (QED) is 0.456. The minimum absolute atomic E-state index is 0.0735. The summed E-state index contributed by atoms with van der Waals surface area (Å²) in [7, 11) is 0. The first-order chi connectivity index (χ1) is 13.0. The number of rotatable bonds is 6. The van der Waals surface area contributed by atoms with Gasteiger partial charge in [0.1, 0.15) is 5.75 Å². The normalized spacial score (nSPS) is 10.7. The molecule has 0 spiro atoms. The highest BCUT2D eigenvalue weighted by Gasteiger charge is 2.07. The van der Waals surface area contributed by atoms with E-state index in [2.05, 4.69) is 41.1 Å². The first-order valence-corrected chi connectivity index (χ1v) is 9.04. The summed E-state index contributed by atoms with van der Waals surface area (Å²) in [6.07, 6.45) is 1.55. The zero-order chi connectivity index (χ0) is 19.6. The Labute approximate surface area is 164 Å². The first kappa shape index (κ1) is 20.5. The fourth-order valence-corrected chi connectivity index (χ4v) is 2.46. The van der Waals surface area contributed by atoms with Crippen molar-refractivity contribution in [2.24, 2.45) is 5.10 Å². The average Bonchev–Trinajstić information content (AvgIpc) is 2.67. The highest BCUT2D eigenvalue weighted by atomic mass is 35.5. The molecule has 0 aromatic heterocycles. The second kappa shape index (κ2) is 10.4. The molecule has 0 aliphatic rings. The summed E-state index contributed by atoms with van der Waals surface area (Å²) in [6.45, 7) is 6.91. The van der Waals surface area contributed by atoms with Crippen LogP contribution in [0.15, 0.2) is 47.6 Å². The molecule has 2 rings (SSSR count). The number of benzene rings is 2. The van der Waals surface area contributed by atoms with Gasteiger partial charge in [-0.1, -0.05) is 49.4 Å². The number of amides is 1. The van der Waals surface area contributed by atoms with Crippen molar-refractivity contribution in [2.75, 3.05) is 19.6 Å². The van der Waals surface area contributed by atoms with E-state index in [1.165, 1.54) is 18.2 Å². The van der Waals surface area contributed by atoms with Gasteiger partial charge in [0, 0.05) is 11.1 Å². The van der Waals surface area contributed by atoms with E-state index in [0.717, 1.165) is 30.8 Å². The van der Waals surface area contributed by atoms with Gasteiger partial charge in [0.2, 0.25) is 0 Å². The van der Waals surface area contributed by atoms with Crippen molar-refractivity contribution in [3.63, 3.8) is 0 Å². The molecule has 0 bridgehead atoms. The highest BCUT2D eigenvalue weighted by molar-refractivity contribution is 6.32. The van der Waals surface area contributed by atoms with Crippen molar-refractivity contribution in [2.45, 2.75) is 13.8 Å². The van der Waals surface area contributed by atoms with Crippen LogP contribution in [0.1, 0.15) is 35.3 Å². The molecule has 0 saturated heterocycles. The van der Waals surface area contributed by atoms with Gasteiger partial charge in [-0.3, -0.25) is 9.69 Å². The molecular weight excluding hydrogens is 362 g/mol. The van der Waals surface area contributed by atoms with Gasteiger partial charge in [0.25, 0.3) is 5.91 Å². The first-order valence-electron chi connectivity index (χ1n) is 8.66. The molecule has 2 N–H and O–H groups in total. The third kappa shape index (κ3) is 6.45. The van der Waals surface area contributed by atoms with Gasteiger partial charge in [0.05, 0.1) is 17.8 Å². The van der Waals surface area contributed by atoms with Crippen molar-refractivity contribution in [3.05, 3.63) is 64.2 Å². The summed E-state index contributed by atoms with van der Waals surface area (Å²) in [4.78, 5) is 14.3. The largest absolute Gasteiger partial charge is 0.506 e. The predicted octanol–water partition coefficient (Wildman–Crippen LogP) is 3.50. The van der Waals surface area contributed by atoms with Crippen molar-refractivity contribution in [1.82, 2.24) is 10.3 Å². The summed E-state index contributed by atoms with van der Waals surface area (Å²) < 4.78 is 0. The fraction of sp³-hybridized carbons (Fsp3) is 0.238. The zero-order valence-electron chi connectivity index (χ0n) is 15.4. The summed E-state index contributed by atoms with van der Waals surface area (Å²) in [5.41, 5.74) is 4.46. The number of halogens is 1. The molecule has 5 nitrogen and oxygen atoms in total. The van der Waals surface area contributed by atoms with Gasteiger partial charge in [-0.2, -0.15) is 5.10 Å². The van der Waals surface area contributed by atoms with Crippen LogP contribution < -0.4 is 5.43 Å². The lowest BCUT2D eigenvalue weighted by molar-refractivity contribution is 0.0955. The number of carbonyl (C=O) groups is 1. The molecule has 1 amide bonds. The van der Waals surface area contributed by atoms with Crippen LogP contribution in [0.5, 0.6) is 5.75 Å². The molecule has 0 radical (unpaired) electrons. The number of aromatic hydroxyl groups is 1. The maximum absolute atomic E-state index is 12.0. The Morgan fingerprint density at radius 2 is 2.04 bits per heavy atom. The predicted molar refractivity (Wildman–Crippen MR) is 109 cm³/mol. The second-order valence-corrected chi connectivity index (χ2v) is 6.16. The average molecular weight is 384 g/mol. The van der Waals surface area contributed by atoms with Crippen molar-refractivity contribution < 1.29 is 9.90 Å². The lowest BCUT2D eigenvalue weighted by Gasteiger charge is -2.13. The minimum Gasteiger partial charge on any atom is -0.506 e. The Kier molecular flexibility index (Phi) is 7.87. The molecule has 27 heavy (non-hydrogen) atoms. The molecule has 0 fully saturated rings. The molecule has 2 aromatic carbocycles. The summed E-state index contributed by atoms with van der Waals surface area (Å²) >= 11 is 5.80. The van der Waals surface area contributed by atoms with E-state index in [0.29, 0.717) is 5.56 Å². The van der Waals surface area contributed by atoms with E-state index in [9.17, 15) is 9.90 Å². The van der Waals surface area contributed by atoms with E-state index in [-0.39, 0.29) is 10.8 Å². The van der Waals surface area contributed by atoms with Crippen LogP contribution in [0, 0.1) is 11.8 Å². The number of nitrogens with one attached hydrogen (secondary N) is 1. The molecule has 0 heterocycles. The van der Waals surface area contributed by atoms with Crippen molar-refractivity contribution in [3.8, 4) is 17.6 Å². The number of hydrogen-bond acceptors (Lipinski definition) is 4. The molecule has 0 unspecified atom stereocenters. The van der Waals surface area contributed by atoms with Crippen LogP contribution in [0.2, 0.25) is 5.02 Å². The van der Waals surface area contributed by atoms with E-state index >= 15 is 0 Å². The number of hydrazone groups is 1. The van der Waals surface area contributed by atoms with Gasteiger partial charge in [0.15, 0.2) is 0 Å². The molecular formula is C21H22ClN3O2. The van der Waals surface area contributed by atoms with Crippen LogP contribution in [-0.4, -0.2) is 41.8 Å². The number of phenols is 1. The highest BCUT2D eigenvalue weighted by Crippen LogP contribution is 2.23. The van der Waals surface area contributed by atoms with Gasteiger partial charge in [-0.25, -0.2) is 5.43 Å². The van der Waals surface area contributed by atoms with Crippen LogP contribution in [0.4, 0.5) is 0 Å². The van der Waals surface area contributed by atoms with Crippen molar-refractivity contribution >= 4 is 23.7 Å². The number of carbonyl (C=O) groups excluding carboxylic acids is 1. The van der Waals surface area contributed by atoms with Gasteiger partial charge < -0.3 is 5.11 Å². The van der Waals surface area contributed by atoms with Crippen LogP contribution in [0.25, 0.3) is 0 Å². The van der Waals surface area contributed by atoms with Gasteiger partial charge in [-0.15, -0.1) is 0 Å². The summed E-state index contributed by atoms with van der Waals surface area (Å²) in [5.74, 6) is 5.82. The molecule has 0 atom stereocenters. The standard InChI is InChI=1S/C21H22ClN3O2/c1-3-25(4-2)12-6-9-16-7-5-8-17(13-16)15-23-24-21(27)18-10-11-20(26)19(22)14-18/h5,7-8,10-11,13-15,26H,3-4,12H2,1-2H3,(H,24,27)/b23-15+. The van der Waals surface area contributed by atoms with E-state index in [1.807, 2.05) is 24.3 Å². The Morgan fingerprint density at radius 3 is 2.74 bits per heavy atom. The van der Waals surface area contributed by atoms with E-state index in [4.69, 9.17) is 11.6 Å². The van der Waals surface area contributed by atoms with Crippen LogP contribution >= 0.6 is 11.6 Å². The SMILES string of the molecule is CCN(CC)CC#Cc1cccc(/C=N/NC(=O)c2ccc(O)c(Cl)c2)c1. The van der Waals surface area contributed by atoms with Crippen molar-refractivity contribution in [1.29, 1.82) is 0 Å². The third-order valence-corrected chi connectivity index (χ3v) is 4.21. The molecule has 0 aliphatic carbocycles. The molecule has 0 saturated carbocycles. The maximum atomic E-state index is 12.0. The van der Waals surface area contributed by atoms with Gasteiger partial charge in [-0.05, 0) is 49.0 Å². The Bertz CT molecular complexity index is 880. The van der Waals surface area contributed by atoms with Crippen LogP contribution in [0.3, 0.4) is 0 Å². The van der Waals surface area contributed by atoms with Crippen LogP contribution in [-0.2, 0) is 0 Å². The minimum atomic E-state index is -0.414. The summed E-state index contributed by atoms with van der Waals surface area (Å²) in [5, 5.41) is 13.5. The number of phenolic OH excluding ortho intramolecular Hbond substituents is 1. The lowest BCUT2D eigenvalue weighted by Crippen LogP contribution is -2.22. The zero-order valence-corrected chi connectivity index (χ0v) is 16.1. The molecule has 0 aliphatic heterocycles. The second-order valence-electron chi connectivity index (χ2n) is 5.75. The topological polar surface area (TPSA) is 64.9 Å². The number of hydrogen-bond donors (Lipinski definition) is 2. The molecule has 2 aromatic rings. The van der Waals surface area contributed by atoms with Gasteiger partial charge >= 0.3 is 0 Å².